The van der Waals surface area contributed by atoms with Crippen molar-refractivity contribution in [3.8, 4) is 11.4 Å². The molecule has 0 bridgehead atoms. The molecule has 0 aliphatic rings. The van der Waals surface area contributed by atoms with Crippen LogP contribution in [0.25, 0.3) is 11.4 Å². The summed E-state index contributed by atoms with van der Waals surface area (Å²) < 4.78 is 6.83. The van der Waals surface area contributed by atoms with Gasteiger partial charge in [0, 0.05) is 23.3 Å². The summed E-state index contributed by atoms with van der Waals surface area (Å²) in [6.45, 7) is 1.27. The third kappa shape index (κ3) is 2.94. The fraction of sp³-hybridized carbons (Fsp3) is 0.167. The molecule has 3 aromatic rings. The van der Waals surface area contributed by atoms with Crippen LogP contribution in [0.2, 0.25) is 5.02 Å². The van der Waals surface area contributed by atoms with Gasteiger partial charge < -0.3 is 9.84 Å². The predicted molar refractivity (Wildman–Crippen MR) is 73.3 cm³/mol. The number of nitrogens with one attached hydrogen (secondary N) is 1. The molecule has 2 aromatic heterocycles. The predicted octanol–water partition coefficient (Wildman–Crippen LogP) is 2.09. The average Bonchev–Trinajstić information content (AvgIpc) is 3.10. The van der Waals surface area contributed by atoms with Crippen molar-refractivity contribution in [2.24, 2.45) is 0 Å². The summed E-state index contributed by atoms with van der Waals surface area (Å²) in [6.07, 6.45) is 3.41. The van der Waals surface area contributed by atoms with Crippen LogP contribution in [0, 0.1) is 0 Å². The lowest BCUT2D eigenvalue weighted by atomic mass is 10.2. The quantitative estimate of drug-likeness (QED) is 0.775. The van der Waals surface area contributed by atoms with E-state index in [2.05, 4.69) is 25.8 Å². The minimum absolute atomic E-state index is 0.361. The van der Waals surface area contributed by atoms with Crippen molar-refractivity contribution >= 4 is 17.6 Å². The Labute approximate surface area is 119 Å². The van der Waals surface area contributed by atoms with Gasteiger partial charge in [-0.3, -0.25) is 4.68 Å². The first kappa shape index (κ1) is 12.6. The molecule has 0 fully saturated rings. The Balaban J connectivity index is 1.62. The molecule has 8 heteroatoms. The third-order valence-electron chi connectivity index (χ3n) is 2.60. The van der Waals surface area contributed by atoms with Gasteiger partial charge in [-0.25, -0.2) is 0 Å². The van der Waals surface area contributed by atoms with E-state index in [1.807, 2.05) is 12.1 Å². The van der Waals surface area contributed by atoms with Gasteiger partial charge in [0.15, 0.2) is 0 Å². The molecule has 0 aliphatic heterocycles. The molecule has 20 heavy (non-hydrogen) atoms. The van der Waals surface area contributed by atoms with Crippen molar-refractivity contribution in [1.29, 1.82) is 0 Å². The van der Waals surface area contributed by atoms with Gasteiger partial charge >= 0.3 is 6.01 Å². The molecule has 3 rings (SSSR count). The number of anilines is 1. The SMILES string of the molecule is Clc1cccc(-c2noc(NCCn3ccnn3)n2)c1. The third-order valence-corrected chi connectivity index (χ3v) is 2.83. The largest absolute Gasteiger partial charge is 0.336 e. The molecule has 0 radical (unpaired) electrons. The van der Waals surface area contributed by atoms with E-state index in [4.69, 9.17) is 16.1 Å². The second-order valence-corrected chi connectivity index (χ2v) is 4.46. The van der Waals surface area contributed by atoms with Crippen LogP contribution in [0.3, 0.4) is 0 Å². The zero-order valence-corrected chi connectivity index (χ0v) is 11.2. The number of halogens is 1. The highest BCUT2D eigenvalue weighted by Gasteiger charge is 2.08. The van der Waals surface area contributed by atoms with Crippen LogP contribution in [-0.2, 0) is 6.54 Å². The Kier molecular flexibility index (Phi) is 3.60. The molecule has 0 atom stereocenters. The Morgan fingerprint density at radius 1 is 1.35 bits per heavy atom. The van der Waals surface area contributed by atoms with Crippen LogP contribution in [0.5, 0.6) is 0 Å². The maximum atomic E-state index is 5.92. The van der Waals surface area contributed by atoms with E-state index in [0.29, 0.717) is 30.0 Å². The first-order valence-electron chi connectivity index (χ1n) is 5.99. The minimum atomic E-state index is 0.361. The fourth-order valence-electron chi connectivity index (χ4n) is 1.67. The molecular weight excluding hydrogens is 280 g/mol. The molecule has 0 unspecified atom stereocenters. The minimum Gasteiger partial charge on any atom is -0.336 e. The maximum absolute atomic E-state index is 5.92. The van der Waals surface area contributed by atoms with E-state index >= 15 is 0 Å². The van der Waals surface area contributed by atoms with E-state index in [9.17, 15) is 0 Å². The first-order chi connectivity index (χ1) is 9.81. The molecule has 0 aliphatic carbocycles. The highest BCUT2D eigenvalue weighted by molar-refractivity contribution is 6.30. The van der Waals surface area contributed by atoms with Gasteiger partial charge in [0.05, 0.1) is 12.7 Å². The summed E-state index contributed by atoms with van der Waals surface area (Å²) in [6, 6.07) is 7.65. The molecular formula is C12H11ClN6O. The van der Waals surface area contributed by atoms with Crippen molar-refractivity contribution in [2.75, 3.05) is 11.9 Å². The van der Waals surface area contributed by atoms with Gasteiger partial charge in [-0.1, -0.05) is 34.1 Å². The van der Waals surface area contributed by atoms with Crippen molar-refractivity contribution in [3.05, 3.63) is 41.7 Å². The van der Waals surface area contributed by atoms with Crippen LogP contribution in [-0.4, -0.2) is 31.7 Å². The Morgan fingerprint density at radius 3 is 3.10 bits per heavy atom. The molecule has 1 N–H and O–H groups in total. The van der Waals surface area contributed by atoms with Crippen molar-refractivity contribution in [2.45, 2.75) is 6.54 Å². The maximum Gasteiger partial charge on any atom is 0.321 e. The number of aromatic nitrogens is 5. The number of rotatable bonds is 5. The van der Waals surface area contributed by atoms with Crippen molar-refractivity contribution < 1.29 is 4.52 Å². The van der Waals surface area contributed by atoms with Gasteiger partial charge in [-0.2, -0.15) is 4.98 Å². The average molecular weight is 291 g/mol. The highest BCUT2D eigenvalue weighted by atomic mass is 35.5. The van der Waals surface area contributed by atoms with E-state index in [0.717, 1.165) is 5.56 Å². The van der Waals surface area contributed by atoms with E-state index < -0.39 is 0 Å². The summed E-state index contributed by atoms with van der Waals surface area (Å²) in [7, 11) is 0. The smallest absolute Gasteiger partial charge is 0.321 e. The van der Waals surface area contributed by atoms with Crippen LogP contribution in [0.1, 0.15) is 0 Å². The van der Waals surface area contributed by atoms with Crippen LogP contribution in [0.4, 0.5) is 6.01 Å². The number of benzene rings is 1. The highest BCUT2D eigenvalue weighted by Crippen LogP contribution is 2.20. The van der Waals surface area contributed by atoms with Crippen LogP contribution in [0.15, 0.2) is 41.2 Å². The lowest BCUT2D eigenvalue weighted by Crippen LogP contribution is -2.11. The zero-order chi connectivity index (χ0) is 13.8. The van der Waals surface area contributed by atoms with Gasteiger partial charge in [-0.05, 0) is 12.1 Å². The fourth-order valence-corrected chi connectivity index (χ4v) is 1.86. The Bertz CT molecular complexity index is 681. The molecule has 2 heterocycles. The second kappa shape index (κ2) is 5.70. The first-order valence-corrected chi connectivity index (χ1v) is 6.37. The van der Waals surface area contributed by atoms with Crippen molar-refractivity contribution in [3.63, 3.8) is 0 Å². The standard InChI is InChI=1S/C12H11ClN6O/c13-10-3-1-2-9(8-10)11-16-12(20-17-11)14-4-6-19-7-5-15-18-19/h1-3,5,7-8H,4,6H2,(H,14,16,17). The molecule has 0 amide bonds. The monoisotopic (exact) mass is 290 g/mol. The summed E-state index contributed by atoms with van der Waals surface area (Å²) >= 11 is 5.92. The van der Waals surface area contributed by atoms with E-state index in [-0.39, 0.29) is 0 Å². The zero-order valence-electron chi connectivity index (χ0n) is 10.4. The Morgan fingerprint density at radius 2 is 2.30 bits per heavy atom. The summed E-state index contributed by atoms with van der Waals surface area (Å²) in [4.78, 5) is 4.25. The van der Waals surface area contributed by atoms with Crippen LogP contribution < -0.4 is 5.32 Å². The number of hydrogen-bond acceptors (Lipinski definition) is 6. The summed E-state index contributed by atoms with van der Waals surface area (Å²) in [5.74, 6) is 0.496. The van der Waals surface area contributed by atoms with Gasteiger partial charge in [0.25, 0.3) is 0 Å². The topological polar surface area (TPSA) is 81.7 Å². The number of nitrogens with zero attached hydrogens (tertiary/aromatic N) is 5. The lowest BCUT2D eigenvalue weighted by molar-refractivity contribution is 0.430. The molecule has 102 valence electrons. The van der Waals surface area contributed by atoms with Gasteiger partial charge in [0.1, 0.15) is 0 Å². The van der Waals surface area contributed by atoms with E-state index in [1.54, 1.807) is 29.2 Å². The molecule has 0 saturated carbocycles. The van der Waals surface area contributed by atoms with Gasteiger partial charge in [-0.15, -0.1) is 5.10 Å². The van der Waals surface area contributed by atoms with Gasteiger partial charge in [0.2, 0.25) is 5.82 Å². The summed E-state index contributed by atoms with van der Waals surface area (Å²) in [5.41, 5.74) is 0.811. The normalized spacial score (nSPS) is 10.7. The second-order valence-electron chi connectivity index (χ2n) is 4.03. The molecule has 0 saturated heterocycles. The van der Waals surface area contributed by atoms with Crippen LogP contribution >= 0.6 is 11.6 Å². The molecule has 0 spiro atoms. The Hall–Kier alpha value is -2.41. The molecule has 7 nitrogen and oxygen atoms in total. The summed E-state index contributed by atoms with van der Waals surface area (Å²) in [5, 5.41) is 15.1. The number of hydrogen-bond donors (Lipinski definition) is 1. The van der Waals surface area contributed by atoms with Crippen molar-refractivity contribution in [1.82, 2.24) is 25.1 Å². The lowest BCUT2D eigenvalue weighted by Gasteiger charge is -1.99. The molecule has 1 aromatic carbocycles. The van der Waals surface area contributed by atoms with E-state index in [1.165, 1.54) is 0 Å².